The molecule has 0 saturated heterocycles. The Morgan fingerprint density at radius 3 is 2.58 bits per heavy atom. The normalized spacial score (nSPS) is 14.2. The largest absolute Gasteiger partial charge is 0.481 e. The van der Waals surface area contributed by atoms with Crippen molar-refractivity contribution in [2.24, 2.45) is 5.10 Å². The van der Waals surface area contributed by atoms with Gasteiger partial charge in [0.15, 0.2) is 0 Å². The third-order valence-electron chi connectivity index (χ3n) is 6.76. The number of hydrogen-bond acceptors (Lipinski definition) is 6. The predicted molar refractivity (Wildman–Crippen MR) is 161 cm³/mol. The zero-order valence-corrected chi connectivity index (χ0v) is 24.8. The first-order chi connectivity index (χ1) is 19.2. The first kappa shape index (κ1) is 28.5. The lowest BCUT2D eigenvalue weighted by atomic mass is 9.88. The summed E-state index contributed by atoms with van der Waals surface area (Å²) in [7, 11) is 0. The summed E-state index contributed by atoms with van der Waals surface area (Å²) < 4.78 is 7.94. The number of benzene rings is 3. The Balaban J connectivity index is 1.61. The number of halogens is 4. The van der Waals surface area contributed by atoms with Gasteiger partial charge < -0.3 is 4.74 Å². The van der Waals surface area contributed by atoms with E-state index in [-0.39, 0.29) is 40.1 Å². The van der Waals surface area contributed by atoms with E-state index in [1.165, 1.54) is 23.0 Å². The zero-order chi connectivity index (χ0) is 28.4. The first-order valence-corrected chi connectivity index (χ1v) is 14.4. The van der Waals surface area contributed by atoms with Crippen LogP contribution in [0, 0.1) is 10.1 Å². The predicted octanol–water partition coefficient (Wildman–Crippen LogP) is 8.54. The van der Waals surface area contributed by atoms with Crippen LogP contribution < -0.4 is 10.3 Å². The van der Waals surface area contributed by atoms with Gasteiger partial charge >= 0.3 is 5.69 Å². The summed E-state index contributed by atoms with van der Waals surface area (Å²) in [5.41, 5.74) is 0.704. The van der Waals surface area contributed by atoms with Crippen molar-refractivity contribution in [3.63, 3.8) is 0 Å². The monoisotopic (exact) mass is 662 g/mol. The van der Waals surface area contributed by atoms with Crippen LogP contribution >= 0.6 is 50.7 Å². The molecule has 8 nitrogen and oxygen atoms in total. The van der Waals surface area contributed by atoms with Crippen molar-refractivity contribution in [1.82, 2.24) is 9.66 Å². The van der Waals surface area contributed by atoms with Gasteiger partial charge in [0, 0.05) is 42.7 Å². The van der Waals surface area contributed by atoms with Crippen LogP contribution in [0.4, 0.5) is 5.69 Å². The molecule has 0 unspecified atom stereocenters. The van der Waals surface area contributed by atoms with Gasteiger partial charge in [-0.25, -0.2) is 4.98 Å². The number of fused-ring (bicyclic) bond motifs is 1. The summed E-state index contributed by atoms with van der Waals surface area (Å²) in [6.07, 6.45) is 6.33. The van der Waals surface area contributed by atoms with E-state index < -0.39 is 4.92 Å². The Morgan fingerprint density at radius 2 is 1.85 bits per heavy atom. The van der Waals surface area contributed by atoms with E-state index in [9.17, 15) is 14.9 Å². The molecule has 206 valence electrons. The lowest BCUT2D eigenvalue weighted by molar-refractivity contribution is -0.385. The molecule has 0 atom stereocenters. The van der Waals surface area contributed by atoms with E-state index in [1.54, 1.807) is 30.3 Å². The minimum absolute atomic E-state index is 0.0584. The van der Waals surface area contributed by atoms with E-state index >= 15 is 0 Å². The topological polar surface area (TPSA) is 99.6 Å². The van der Waals surface area contributed by atoms with Gasteiger partial charge in [-0.15, -0.1) is 0 Å². The van der Waals surface area contributed by atoms with Crippen LogP contribution in [0.15, 0.2) is 62.9 Å². The molecule has 0 aliphatic heterocycles. The lowest BCUT2D eigenvalue weighted by Crippen LogP contribution is -2.25. The number of hydrogen-bond donors (Lipinski definition) is 0. The minimum atomic E-state index is -0.587. The highest BCUT2D eigenvalue weighted by molar-refractivity contribution is 9.10. The van der Waals surface area contributed by atoms with Crippen molar-refractivity contribution in [3.8, 4) is 5.75 Å². The number of nitro benzene ring substituents is 1. The van der Waals surface area contributed by atoms with Crippen molar-refractivity contribution in [2.45, 2.75) is 44.6 Å². The summed E-state index contributed by atoms with van der Waals surface area (Å²) in [5, 5.41) is 17.8. The molecule has 0 bridgehead atoms. The second kappa shape index (κ2) is 12.3. The molecule has 1 aliphatic carbocycles. The zero-order valence-electron chi connectivity index (χ0n) is 20.9. The first-order valence-electron chi connectivity index (χ1n) is 12.5. The minimum Gasteiger partial charge on any atom is -0.481 e. The van der Waals surface area contributed by atoms with Crippen LogP contribution in [0.5, 0.6) is 5.75 Å². The third kappa shape index (κ3) is 6.17. The lowest BCUT2D eigenvalue weighted by Gasteiger charge is -2.22. The van der Waals surface area contributed by atoms with Crippen molar-refractivity contribution in [2.75, 3.05) is 0 Å². The van der Waals surface area contributed by atoms with Gasteiger partial charge in [-0.2, -0.15) is 9.78 Å². The average Bonchev–Trinajstić information content (AvgIpc) is 2.93. The van der Waals surface area contributed by atoms with E-state index in [0.717, 1.165) is 36.6 Å². The maximum absolute atomic E-state index is 13.7. The van der Waals surface area contributed by atoms with E-state index in [2.05, 4.69) is 21.0 Å². The highest BCUT2D eigenvalue weighted by atomic mass is 79.9. The molecule has 1 heterocycles. The molecule has 40 heavy (non-hydrogen) atoms. The van der Waals surface area contributed by atoms with Crippen molar-refractivity contribution in [1.29, 1.82) is 0 Å². The Labute approximate surface area is 252 Å². The van der Waals surface area contributed by atoms with Crippen LogP contribution in [0.3, 0.4) is 0 Å². The van der Waals surface area contributed by atoms with Gasteiger partial charge in [0.05, 0.1) is 22.0 Å². The van der Waals surface area contributed by atoms with E-state index in [4.69, 9.17) is 44.5 Å². The fourth-order valence-corrected chi connectivity index (χ4v) is 5.84. The van der Waals surface area contributed by atoms with E-state index in [1.807, 2.05) is 6.07 Å². The van der Waals surface area contributed by atoms with Crippen molar-refractivity contribution in [3.05, 3.63) is 105 Å². The fraction of sp³-hybridized carbons (Fsp3) is 0.250. The van der Waals surface area contributed by atoms with Crippen LogP contribution in [0.1, 0.15) is 55.0 Å². The summed E-state index contributed by atoms with van der Waals surface area (Å²) in [5.74, 6) is 0.554. The summed E-state index contributed by atoms with van der Waals surface area (Å²) in [6, 6.07) is 12.9. The van der Waals surface area contributed by atoms with Gasteiger partial charge in [0.25, 0.3) is 5.56 Å². The number of rotatable bonds is 7. The second-order valence-electron chi connectivity index (χ2n) is 9.45. The third-order valence-corrected chi connectivity index (χ3v) is 8.06. The van der Waals surface area contributed by atoms with Crippen molar-refractivity contribution < 1.29 is 9.66 Å². The van der Waals surface area contributed by atoms with Gasteiger partial charge in [0.2, 0.25) is 5.75 Å². The molecule has 1 aliphatic rings. The molecule has 0 N–H and O–H groups in total. The van der Waals surface area contributed by atoms with Gasteiger partial charge in [-0.05, 0) is 49.2 Å². The van der Waals surface area contributed by atoms with Gasteiger partial charge in [-0.1, -0.05) is 76.1 Å². The van der Waals surface area contributed by atoms with Gasteiger partial charge in [-0.3, -0.25) is 14.9 Å². The molecule has 4 aromatic rings. The molecule has 3 aromatic carbocycles. The van der Waals surface area contributed by atoms with Crippen LogP contribution in [0.25, 0.3) is 10.9 Å². The molecule has 12 heteroatoms. The second-order valence-corrected chi connectivity index (χ2v) is 11.6. The quantitative estimate of drug-likeness (QED) is 0.112. The summed E-state index contributed by atoms with van der Waals surface area (Å²) in [4.78, 5) is 29.8. The molecule has 5 rings (SSSR count). The molecule has 1 fully saturated rings. The van der Waals surface area contributed by atoms with Crippen molar-refractivity contribution >= 4 is 73.5 Å². The highest BCUT2D eigenvalue weighted by Crippen LogP contribution is 2.36. The van der Waals surface area contributed by atoms with Crippen LogP contribution in [-0.2, 0) is 6.61 Å². The number of ether oxygens (including phenoxy) is 1. The number of nitro groups is 1. The van der Waals surface area contributed by atoms with Gasteiger partial charge in [0.1, 0.15) is 12.4 Å². The maximum Gasteiger partial charge on any atom is 0.313 e. The fourth-order valence-electron chi connectivity index (χ4n) is 4.80. The Morgan fingerprint density at radius 1 is 1.07 bits per heavy atom. The highest BCUT2D eigenvalue weighted by Gasteiger charge is 2.24. The molecular weight excluding hydrogens is 643 g/mol. The van der Waals surface area contributed by atoms with E-state index in [0.29, 0.717) is 32.3 Å². The maximum atomic E-state index is 13.7. The molecule has 0 radical (unpaired) electrons. The molecule has 0 amide bonds. The Hall–Kier alpha value is -2.98. The Bertz CT molecular complexity index is 1700. The smallest absolute Gasteiger partial charge is 0.313 e. The molecule has 0 spiro atoms. The standard InChI is InChI=1S/C28H22BrCl3N4O4/c29-19-7-9-24-22(11-19)28(37)35(27(34-24)16-4-2-1-3-5-16)33-14-18-10-21(31)13-25(36(38)39)26(18)40-15-17-6-8-20(30)12-23(17)32/h6-14,16H,1-5,15H2. The van der Waals surface area contributed by atoms with Crippen LogP contribution in [-0.4, -0.2) is 20.8 Å². The average molecular weight is 665 g/mol. The number of aromatic nitrogens is 2. The molecule has 1 aromatic heterocycles. The number of nitrogens with zero attached hydrogens (tertiary/aromatic N) is 4. The summed E-state index contributed by atoms with van der Waals surface area (Å²) >= 11 is 21.9. The molecular formula is C28H22BrCl3N4O4. The SMILES string of the molecule is O=c1c2cc(Br)ccc2nc(C2CCCCC2)n1N=Cc1cc(Cl)cc([N+](=O)[O-])c1OCc1ccc(Cl)cc1Cl. The summed E-state index contributed by atoms with van der Waals surface area (Å²) in [6.45, 7) is -0.0713. The molecule has 1 saturated carbocycles. The Kier molecular flexibility index (Phi) is 8.75. The van der Waals surface area contributed by atoms with Crippen LogP contribution in [0.2, 0.25) is 15.1 Å².